The molecule has 2 rings (SSSR count). The molecule has 1 N–H and O–H groups in total. The van der Waals surface area contributed by atoms with Gasteiger partial charge in [-0.05, 0) is 13.0 Å². The third-order valence-electron chi connectivity index (χ3n) is 2.03. The second kappa shape index (κ2) is 3.47. The molecule has 0 amide bonds. The Morgan fingerprint density at radius 3 is 2.80 bits per heavy atom. The van der Waals surface area contributed by atoms with Crippen LogP contribution in [0, 0.1) is 6.92 Å². The molecule has 15 heavy (non-hydrogen) atoms. The molecule has 0 atom stereocenters. The normalized spacial score (nSPS) is 10.5. The molecule has 0 aliphatic heterocycles. The Morgan fingerprint density at radius 1 is 1.60 bits per heavy atom. The van der Waals surface area contributed by atoms with Crippen molar-refractivity contribution < 1.29 is 9.90 Å². The molecule has 0 unspecified atom stereocenters. The summed E-state index contributed by atoms with van der Waals surface area (Å²) in [5.41, 5.74) is 1.37. The van der Waals surface area contributed by atoms with Gasteiger partial charge in [0, 0.05) is 13.2 Å². The van der Waals surface area contributed by atoms with E-state index < -0.39 is 5.97 Å². The van der Waals surface area contributed by atoms with E-state index in [-0.39, 0.29) is 4.88 Å². The Labute approximate surface area is 90.0 Å². The van der Waals surface area contributed by atoms with E-state index in [0.717, 1.165) is 5.69 Å². The molecule has 6 heteroatoms. The van der Waals surface area contributed by atoms with Crippen molar-refractivity contribution >= 4 is 17.3 Å². The van der Waals surface area contributed by atoms with Gasteiger partial charge in [0.05, 0.1) is 11.4 Å². The topological polar surface area (TPSA) is 68.0 Å². The second-order valence-electron chi connectivity index (χ2n) is 3.08. The molecule has 0 aliphatic rings. The number of nitrogens with zero attached hydrogens (tertiary/aromatic N) is 3. The molecule has 78 valence electrons. The minimum atomic E-state index is -0.932. The lowest BCUT2D eigenvalue weighted by molar-refractivity contribution is 0.0701. The zero-order chi connectivity index (χ0) is 11.0. The average Bonchev–Trinajstić information content (AvgIpc) is 2.71. The van der Waals surface area contributed by atoms with Crippen molar-refractivity contribution in [2.75, 3.05) is 0 Å². The van der Waals surface area contributed by atoms with E-state index in [9.17, 15) is 4.79 Å². The highest BCUT2D eigenvalue weighted by molar-refractivity contribution is 7.17. The Bertz CT molecular complexity index is 515. The number of aromatic carboxylic acids is 1. The van der Waals surface area contributed by atoms with Gasteiger partial charge in [-0.2, -0.15) is 5.10 Å². The Hall–Kier alpha value is -1.69. The van der Waals surface area contributed by atoms with Gasteiger partial charge < -0.3 is 5.11 Å². The first kappa shape index (κ1) is 9.85. The summed E-state index contributed by atoms with van der Waals surface area (Å²) in [6.07, 6.45) is 1.66. The van der Waals surface area contributed by atoms with Crippen molar-refractivity contribution in [3.05, 3.63) is 22.8 Å². The molecular formula is C9H9N3O2S. The van der Waals surface area contributed by atoms with E-state index in [1.54, 1.807) is 24.9 Å². The zero-order valence-electron chi connectivity index (χ0n) is 8.26. The van der Waals surface area contributed by atoms with Gasteiger partial charge in [0.1, 0.15) is 9.88 Å². The number of carbonyl (C=O) groups is 1. The molecule has 0 aromatic carbocycles. The number of hydrogen-bond acceptors (Lipinski definition) is 4. The fourth-order valence-electron chi connectivity index (χ4n) is 1.29. The van der Waals surface area contributed by atoms with Crippen molar-refractivity contribution in [1.29, 1.82) is 0 Å². The van der Waals surface area contributed by atoms with Crippen LogP contribution in [0.15, 0.2) is 12.3 Å². The van der Waals surface area contributed by atoms with E-state index in [4.69, 9.17) is 5.11 Å². The van der Waals surface area contributed by atoms with Crippen LogP contribution in [0.25, 0.3) is 10.7 Å². The quantitative estimate of drug-likeness (QED) is 0.838. The number of aromatic nitrogens is 3. The van der Waals surface area contributed by atoms with Crippen molar-refractivity contribution in [2.45, 2.75) is 6.92 Å². The SMILES string of the molecule is Cc1nc(-c2ccnn2C)sc1C(=O)O. The average molecular weight is 223 g/mol. The Balaban J connectivity index is 2.52. The monoisotopic (exact) mass is 223 g/mol. The van der Waals surface area contributed by atoms with Crippen LogP contribution in [-0.2, 0) is 7.05 Å². The van der Waals surface area contributed by atoms with Crippen LogP contribution in [0.5, 0.6) is 0 Å². The summed E-state index contributed by atoms with van der Waals surface area (Å²) in [6.45, 7) is 1.69. The van der Waals surface area contributed by atoms with Crippen LogP contribution in [0.4, 0.5) is 0 Å². The summed E-state index contributed by atoms with van der Waals surface area (Å²) in [6, 6.07) is 1.81. The lowest BCUT2D eigenvalue weighted by Crippen LogP contribution is -1.94. The first-order valence-electron chi connectivity index (χ1n) is 4.28. The van der Waals surface area contributed by atoms with Crippen LogP contribution >= 0.6 is 11.3 Å². The van der Waals surface area contributed by atoms with Crippen molar-refractivity contribution in [3.63, 3.8) is 0 Å². The highest BCUT2D eigenvalue weighted by Crippen LogP contribution is 2.27. The molecule has 5 nitrogen and oxygen atoms in total. The maximum Gasteiger partial charge on any atom is 0.347 e. The molecule has 0 aliphatic carbocycles. The van der Waals surface area contributed by atoms with Gasteiger partial charge in [0.25, 0.3) is 0 Å². The summed E-state index contributed by atoms with van der Waals surface area (Å²) < 4.78 is 1.67. The lowest BCUT2D eigenvalue weighted by Gasteiger charge is -1.94. The number of hydrogen-bond donors (Lipinski definition) is 1. The van der Waals surface area contributed by atoms with Gasteiger partial charge in [-0.15, -0.1) is 11.3 Å². The smallest absolute Gasteiger partial charge is 0.347 e. The summed E-state index contributed by atoms with van der Waals surface area (Å²) in [5.74, 6) is -0.932. The number of carboxylic acids is 1. The molecule has 0 fully saturated rings. The lowest BCUT2D eigenvalue weighted by atomic mass is 10.4. The predicted octanol–water partition coefficient (Wildman–Crippen LogP) is 1.55. The Morgan fingerprint density at radius 2 is 2.33 bits per heavy atom. The van der Waals surface area contributed by atoms with Gasteiger partial charge in [0.15, 0.2) is 0 Å². The molecular weight excluding hydrogens is 214 g/mol. The fourth-order valence-corrected chi connectivity index (χ4v) is 2.25. The standard InChI is InChI=1S/C9H9N3O2S/c1-5-7(9(13)14)15-8(11-5)6-3-4-10-12(6)2/h3-4H,1-2H3,(H,13,14). The van der Waals surface area contributed by atoms with Gasteiger partial charge in [-0.3, -0.25) is 4.68 Å². The molecule has 0 spiro atoms. The molecule has 0 saturated heterocycles. The molecule has 2 aromatic heterocycles. The van der Waals surface area contributed by atoms with Crippen molar-refractivity contribution in [3.8, 4) is 10.7 Å². The van der Waals surface area contributed by atoms with E-state index >= 15 is 0 Å². The highest BCUT2D eigenvalue weighted by Gasteiger charge is 2.16. The predicted molar refractivity (Wildman–Crippen MR) is 56.0 cm³/mol. The molecule has 0 saturated carbocycles. The number of aryl methyl sites for hydroxylation is 2. The van der Waals surface area contributed by atoms with Crippen LogP contribution in [0.3, 0.4) is 0 Å². The van der Waals surface area contributed by atoms with E-state index in [1.165, 1.54) is 11.3 Å². The summed E-state index contributed by atoms with van der Waals surface area (Å²) in [7, 11) is 1.80. The van der Waals surface area contributed by atoms with E-state index in [0.29, 0.717) is 10.7 Å². The molecule has 2 aromatic rings. The van der Waals surface area contributed by atoms with Crippen LogP contribution in [0.2, 0.25) is 0 Å². The third kappa shape index (κ3) is 1.63. The number of thiazole rings is 1. The van der Waals surface area contributed by atoms with E-state index in [2.05, 4.69) is 10.1 Å². The summed E-state index contributed by atoms with van der Waals surface area (Å²) in [4.78, 5) is 15.3. The zero-order valence-corrected chi connectivity index (χ0v) is 9.08. The van der Waals surface area contributed by atoms with Crippen LogP contribution < -0.4 is 0 Å². The second-order valence-corrected chi connectivity index (χ2v) is 4.08. The van der Waals surface area contributed by atoms with Crippen LogP contribution in [0.1, 0.15) is 15.4 Å². The molecule has 2 heterocycles. The number of rotatable bonds is 2. The van der Waals surface area contributed by atoms with Crippen LogP contribution in [-0.4, -0.2) is 25.8 Å². The van der Waals surface area contributed by atoms with Crippen molar-refractivity contribution in [1.82, 2.24) is 14.8 Å². The number of carboxylic acid groups (broad SMARTS) is 1. The molecule has 0 bridgehead atoms. The van der Waals surface area contributed by atoms with Gasteiger partial charge in [-0.1, -0.05) is 0 Å². The van der Waals surface area contributed by atoms with Gasteiger partial charge in [0.2, 0.25) is 0 Å². The minimum absolute atomic E-state index is 0.284. The first-order valence-corrected chi connectivity index (χ1v) is 5.10. The molecule has 0 radical (unpaired) electrons. The Kier molecular flexibility index (Phi) is 2.28. The van der Waals surface area contributed by atoms with Crippen molar-refractivity contribution in [2.24, 2.45) is 7.05 Å². The minimum Gasteiger partial charge on any atom is -0.477 e. The van der Waals surface area contributed by atoms with E-state index in [1.807, 2.05) is 6.07 Å². The maximum absolute atomic E-state index is 10.8. The fraction of sp³-hybridized carbons (Fsp3) is 0.222. The first-order chi connectivity index (χ1) is 7.09. The third-order valence-corrected chi connectivity index (χ3v) is 3.20. The summed E-state index contributed by atoms with van der Waals surface area (Å²) in [5, 5.41) is 13.6. The highest BCUT2D eigenvalue weighted by atomic mass is 32.1. The largest absolute Gasteiger partial charge is 0.477 e. The van der Waals surface area contributed by atoms with Gasteiger partial charge >= 0.3 is 5.97 Å². The van der Waals surface area contributed by atoms with Gasteiger partial charge in [-0.25, -0.2) is 9.78 Å². The summed E-state index contributed by atoms with van der Waals surface area (Å²) >= 11 is 1.17. The maximum atomic E-state index is 10.8.